The Morgan fingerprint density at radius 3 is 2.47 bits per heavy atom. The normalized spacial score (nSPS) is 10.4. The van der Waals surface area contributed by atoms with E-state index in [9.17, 15) is 0 Å². The highest BCUT2D eigenvalue weighted by Crippen LogP contribution is 2.33. The molecule has 5 heteroatoms. The zero-order chi connectivity index (χ0) is 20.9. The van der Waals surface area contributed by atoms with E-state index in [-0.39, 0.29) is 0 Å². The number of H-pyrrole nitrogens is 1. The number of nitrogens with zero attached hydrogens (tertiary/aromatic N) is 2. The van der Waals surface area contributed by atoms with E-state index in [1.165, 1.54) is 5.56 Å². The average Bonchev–Trinajstić information content (AvgIpc) is 3.28. The Morgan fingerprint density at radius 1 is 1.00 bits per heavy atom. The molecule has 0 spiro atoms. The van der Waals surface area contributed by atoms with Crippen molar-refractivity contribution >= 4 is 5.69 Å². The summed E-state index contributed by atoms with van der Waals surface area (Å²) in [5.41, 5.74) is 5.66. The summed E-state index contributed by atoms with van der Waals surface area (Å²) in [7, 11) is 1.64. The van der Waals surface area contributed by atoms with E-state index in [1.807, 2.05) is 36.5 Å². The van der Waals surface area contributed by atoms with Crippen molar-refractivity contribution in [2.24, 2.45) is 0 Å². The molecular weight excluding hydrogens is 374 g/mol. The highest BCUT2D eigenvalue weighted by molar-refractivity contribution is 5.70. The maximum atomic E-state index is 7.02. The number of methoxy groups -OCH3 is 1. The van der Waals surface area contributed by atoms with Gasteiger partial charge in [0.05, 0.1) is 25.6 Å². The van der Waals surface area contributed by atoms with Crippen molar-refractivity contribution in [1.82, 2.24) is 9.97 Å². The summed E-state index contributed by atoms with van der Waals surface area (Å²) in [5, 5.41) is 0. The molecule has 0 fully saturated rings. The Bertz CT molecular complexity index is 1190. The molecule has 0 radical (unpaired) electrons. The van der Waals surface area contributed by atoms with Gasteiger partial charge in [0.1, 0.15) is 23.9 Å². The van der Waals surface area contributed by atoms with Crippen molar-refractivity contribution < 1.29 is 9.47 Å². The van der Waals surface area contributed by atoms with Crippen molar-refractivity contribution in [3.63, 3.8) is 0 Å². The molecule has 0 bridgehead atoms. The number of nitrogens with one attached hydrogen (secondary N) is 1. The lowest BCUT2D eigenvalue weighted by Crippen LogP contribution is -1.96. The molecule has 0 atom stereocenters. The van der Waals surface area contributed by atoms with Crippen LogP contribution in [0.4, 0.5) is 5.69 Å². The van der Waals surface area contributed by atoms with E-state index in [0.29, 0.717) is 23.8 Å². The highest BCUT2D eigenvalue weighted by atomic mass is 16.5. The van der Waals surface area contributed by atoms with E-state index in [1.54, 1.807) is 19.2 Å². The van der Waals surface area contributed by atoms with Gasteiger partial charge in [-0.2, -0.15) is 0 Å². The molecule has 0 saturated carbocycles. The van der Waals surface area contributed by atoms with E-state index in [0.717, 1.165) is 28.2 Å². The first-order valence-electron chi connectivity index (χ1n) is 9.56. The first-order valence-corrected chi connectivity index (χ1v) is 9.56. The van der Waals surface area contributed by atoms with Gasteiger partial charge in [-0.1, -0.05) is 54.1 Å². The van der Waals surface area contributed by atoms with Crippen LogP contribution in [0.25, 0.3) is 27.5 Å². The zero-order valence-electron chi connectivity index (χ0n) is 16.8. The molecule has 4 rings (SSSR count). The predicted octanol–water partition coefficient (Wildman–Crippen LogP) is 6.19. The van der Waals surface area contributed by atoms with Crippen LogP contribution >= 0.6 is 0 Å². The third-order valence-corrected chi connectivity index (χ3v) is 4.83. The summed E-state index contributed by atoms with van der Waals surface area (Å²) in [4.78, 5) is 11.3. The molecule has 5 nitrogen and oxygen atoms in total. The molecule has 1 N–H and O–H groups in total. The fourth-order valence-corrected chi connectivity index (χ4v) is 3.13. The van der Waals surface area contributed by atoms with Gasteiger partial charge >= 0.3 is 0 Å². The Morgan fingerprint density at radius 2 is 1.77 bits per heavy atom. The van der Waals surface area contributed by atoms with Crippen LogP contribution in [-0.2, 0) is 6.61 Å². The molecule has 1 heterocycles. The maximum Gasteiger partial charge on any atom is 0.187 e. The lowest BCUT2D eigenvalue weighted by atomic mass is 10.1. The minimum atomic E-state index is 0.419. The van der Waals surface area contributed by atoms with Crippen molar-refractivity contribution in [2.75, 3.05) is 7.11 Å². The van der Waals surface area contributed by atoms with Crippen LogP contribution in [0.5, 0.6) is 11.5 Å². The lowest BCUT2D eigenvalue weighted by Gasteiger charge is -2.11. The van der Waals surface area contributed by atoms with Gasteiger partial charge in [0.2, 0.25) is 0 Å². The van der Waals surface area contributed by atoms with Gasteiger partial charge in [0, 0.05) is 17.2 Å². The summed E-state index contributed by atoms with van der Waals surface area (Å²) in [6.07, 6.45) is 1.81. The number of benzene rings is 3. The van der Waals surface area contributed by atoms with Crippen LogP contribution in [-0.4, -0.2) is 17.1 Å². The summed E-state index contributed by atoms with van der Waals surface area (Å²) < 4.78 is 11.5. The van der Waals surface area contributed by atoms with Gasteiger partial charge in [-0.25, -0.2) is 9.83 Å². The predicted molar refractivity (Wildman–Crippen MR) is 118 cm³/mol. The molecule has 30 heavy (non-hydrogen) atoms. The molecule has 1 aromatic heterocycles. The number of imidazole rings is 1. The average molecular weight is 395 g/mol. The minimum absolute atomic E-state index is 0.419. The summed E-state index contributed by atoms with van der Waals surface area (Å²) in [6, 6.07) is 21.4. The Hall–Kier alpha value is -4.04. The van der Waals surface area contributed by atoms with E-state index >= 15 is 0 Å². The molecule has 0 saturated heterocycles. The van der Waals surface area contributed by atoms with Crippen molar-refractivity contribution in [1.29, 1.82) is 0 Å². The number of aryl methyl sites for hydroxylation is 1. The third-order valence-electron chi connectivity index (χ3n) is 4.83. The smallest absolute Gasteiger partial charge is 0.187 e. The standard InChI is InChI=1S/C25H21N3O2/c1-17-4-8-19(9-5-17)25-27-15-23(28-25)22-13-12-21(14-24(22)29-3)30-16-18-6-10-20(26-2)11-7-18/h4-15H,16H2,1,3H3,(H,27,28). The van der Waals surface area contributed by atoms with Gasteiger partial charge in [0.15, 0.2) is 5.69 Å². The molecule has 0 aliphatic carbocycles. The van der Waals surface area contributed by atoms with Crippen molar-refractivity contribution in [3.05, 3.63) is 95.5 Å². The van der Waals surface area contributed by atoms with E-state index < -0.39 is 0 Å². The number of aromatic amines is 1. The van der Waals surface area contributed by atoms with Crippen LogP contribution in [0.3, 0.4) is 0 Å². The Labute approximate surface area is 175 Å². The third kappa shape index (κ3) is 4.18. The summed E-state index contributed by atoms with van der Waals surface area (Å²) >= 11 is 0. The van der Waals surface area contributed by atoms with Gasteiger partial charge in [-0.3, -0.25) is 0 Å². The quantitative estimate of drug-likeness (QED) is 0.396. The number of hydrogen-bond donors (Lipinski definition) is 1. The lowest BCUT2D eigenvalue weighted by molar-refractivity contribution is 0.304. The zero-order valence-corrected chi connectivity index (χ0v) is 16.8. The Kier molecular flexibility index (Phi) is 5.49. The molecule has 3 aromatic carbocycles. The number of rotatable bonds is 6. The first-order chi connectivity index (χ1) is 14.7. The van der Waals surface area contributed by atoms with Crippen LogP contribution in [0.2, 0.25) is 0 Å². The summed E-state index contributed by atoms with van der Waals surface area (Å²) in [5.74, 6) is 2.23. The fourth-order valence-electron chi connectivity index (χ4n) is 3.13. The largest absolute Gasteiger partial charge is 0.496 e. The molecule has 148 valence electrons. The second-order valence-electron chi connectivity index (χ2n) is 6.94. The van der Waals surface area contributed by atoms with Crippen LogP contribution in [0, 0.1) is 13.5 Å². The molecule has 0 unspecified atom stereocenters. The highest BCUT2D eigenvalue weighted by Gasteiger charge is 2.12. The molecule has 0 aliphatic heterocycles. The second kappa shape index (κ2) is 8.54. The number of ether oxygens (including phenoxy) is 2. The monoisotopic (exact) mass is 395 g/mol. The number of hydrogen-bond acceptors (Lipinski definition) is 3. The second-order valence-corrected chi connectivity index (χ2v) is 6.94. The van der Waals surface area contributed by atoms with Crippen LogP contribution in [0.1, 0.15) is 11.1 Å². The molecular formula is C25H21N3O2. The number of aromatic nitrogens is 2. The van der Waals surface area contributed by atoms with Gasteiger partial charge in [0.25, 0.3) is 0 Å². The van der Waals surface area contributed by atoms with Crippen LogP contribution < -0.4 is 9.47 Å². The first kappa shape index (κ1) is 19.3. The minimum Gasteiger partial charge on any atom is -0.496 e. The van der Waals surface area contributed by atoms with Crippen molar-refractivity contribution in [3.8, 4) is 34.1 Å². The fraction of sp³-hybridized carbons (Fsp3) is 0.120. The SMILES string of the molecule is [C-]#[N+]c1ccc(COc2ccc(-c3cnc(-c4ccc(C)cc4)[nH]3)c(OC)c2)cc1. The van der Waals surface area contributed by atoms with Gasteiger partial charge in [-0.15, -0.1) is 0 Å². The Balaban J connectivity index is 1.52. The molecule has 0 aliphatic rings. The molecule has 4 aromatic rings. The summed E-state index contributed by atoms with van der Waals surface area (Å²) in [6.45, 7) is 9.50. The van der Waals surface area contributed by atoms with Crippen molar-refractivity contribution in [2.45, 2.75) is 13.5 Å². The van der Waals surface area contributed by atoms with Crippen LogP contribution in [0.15, 0.2) is 72.9 Å². The van der Waals surface area contributed by atoms with E-state index in [2.05, 4.69) is 46.0 Å². The molecule has 0 amide bonds. The van der Waals surface area contributed by atoms with Gasteiger partial charge in [-0.05, 0) is 24.6 Å². The van der Waals surface area contributed by atoms with E-state index in [4.69, 9.17) is 16.0 Å². The maximum absolute atomic E-state index is 7.02. The van der Waals surface area contributed by atoms with Gasteiger partial charge < -0.3 is 14.5 Å². The topological polar surface area (TPSA) is 51.5 Å².